The third kappa shape index (κ3) is 5.59. The van der Waals surface area contributed by atoms with Gasteiger partial charge in [-0.3, -0.25) is 9.79 Å². The Kier molecular flexibility index (Phi) is 7.80. The highest BCUT2D eigenvalue weighted by atomic mass is 32.1. The number of carbonyl (C=O) groups excluding carboxylic acids is 1. The molecule has 1 atom stereocenters. The average Bonchev–Trinajstić information content (AvgIpc) is 3.66. The van der Waals surface area contributed by atoms with E-state index in [-0.39, 0.29) is 11.4 Å². The lowest BCUT2D eigenvalue weighted by Crippen LogP contribution is -2.36. The van der Waals surface area contributed by atoms with Crippen molar-refractivity contribution in [2.75, 3.05) is 48.9 Å². The number of thiazole rings is 1. The highest BCUT2D eigenvalue weighted by Crippen LogP contribution is 2.48. The van der Waals surface area contributed by atoms with Gasteiger partial charge in [0.25, 0.3) is 5.89 Å². The predicted molar refractivity (Wildman–Crippen MR) is 161 cm³/mol. The van der Waals surface area contributed by atoms with Gasteiger partial charge in [0.1, 0.15) is 10.0 Å². The fourth-order valence-electron chi connectivity index (χ4n) is 5.15. The molecule has 2 N–H and O–H groups in total. The smallest absolute Gasteiger partial charge is 0.317 e. The molecule has 2 aromatic carbocycles. The molecule has 0 amide bonds. The zero-order valence-electron chi connectivity index (χ0n) is 23.2. The molecule has 1 unspecified atom stereocenters. The molecule has 2 fully saturated rings. The van der Waals surface area contributed by atoms with Crippen LogP contribution in [0.2, 0.25) is 0 Å². The monoisotopic (exact) mass is 571 g/mol. The van der Waals surface area contributed by atoms with Crippen LogP contribution in [0, 0.1) is 0 Å². The van der Waals surface area contributed by atoms with E-state index in [1.807, 2.05) is 61.6 Å². The van der Waals surface area contributed by atoms with Crippen molar-refractivity contribution in [1.82, 2.24) is 15.2 Å². The van der Waals surface area contributed by atoms with Gasteiger partial charge in [0.15, 0.2) is 18.1 Å². The quantitative estimate of drug-likeness (QED) is 0.201. The van der Waals surface area contributed by atoms with Gasteiger partial charge in [0.05, 0.1) is 18.9 Å². The van der Waals surface area contributed by atoms with Crippen LogP contribution in [0.15, 0.2) is 64.0 Å². The van der Waals surface area contributed by atoms with E-state index in [0.717, 1.165) is 59.0 Å². The number of morpholine rings is 1. The molecule has 2 aromatic heterocycles. The number of benzene rings is 2. The van der Waals surface area contributed by atoms with Crippen molar-refractivity contribution in [2.24, 2.45) is 4.99 Å². The maximum Gasteiger partial charge on any atom is 0.317 e. The molecule has 1 saturated heterocycles. The van der Waals surface area contributed by atoms with Gasteiger partial charge in [-0.05, 0) is 18.9 Å². The molecule has 6 rings (SSSR count). The number of nitrogens with one attached hydrogen (secondary N) is 2. The Morgan fingerprint density at radius 3 is 2.56 bits per heavy atom. The summed E-state index contributed by atoms with van der Waals surface area (Å²) in [6, 6.07) is 17.7. The molecule has 1 aliphatic carbocycles. The number of aliphatic imine (C=N–C) groups is 1. The van der Waals surface area contributed by atoms with Gasteiger partial charge >= 0.3 is 6.01 Å². The summed E-state index contributed by atoms with van der Waals surface area (Å²) in [5.74, 6) is 0.317. The van der Waals surface area contributed by atoms with Crippen molar-refractivity contribution in [2.45, 2.75) is 37.8 Å². The molecule has 3 heterocycles. The highest BCUT2D eigenvalue weighted by Gasteiger charge is 2.39. The minimum absolute atomic E-state index is 0.0832. The molecule has 212 valence electrons. The Morgan fingerprint density at radius 1 is 1.10 bits per heavy atom. The number of anilines is 3. The van der Waals surface area contributed by atoms with Crippen molar-refractivity contribution in [1.29, 1.82) is 0 Å². The van der Waals surface area contributed by atoms with Crippen molar-refractivity contribution in [3.05, 3.63) is 70.7 Å². The Labute approximate surface area is 242 Å². The zero-order chi connectivity index (χ0) is 28.2. The van der Waals surface area contributed by atoms with E-state index in [2.05, 4.69) is 32.7 Å². The molecule has 1 aliphatic heterocycles. The Morgan fingerprint density at radius 2 is 1.85 bits per heavy atom. The number of ether oxygens (including phenoxy) is 1. The first-order valence-corrected chi connectivity index (χ1v) is 14.7. The largest absolute Gasteiger partial charge is 0.402 e. The molecule has 0 spiro atoms. The first-order chi connectivity index (χ1) is 20.1. The van der Waals surface area contributed by atoms with Gasteiger partial charge in [-0.15, -0.1) is 16.4 Å². The van der Waals surface area contributed by atoms with Crippen LogP contribution in [0.5, 0.6) is 0 Å². The summed E-state index contributed by atoms with van der Waals surface area (Å²) >= 11 is 1.71. The van der Waals surface area contributed by atoms with E-state index in [9.17, 15) is 4.79 Å². The lowest BCUT2D eigenvalue weighted by molar-refractivity contribution is -0.108. The number of hydrogen-bond acceptors (Lipinski definition) is 11. The summed E-state index contributed by atoms with van der Waals surface area (Å²) in [6.07, 6.45) is 3.23. The van der Waals surface area contributed by atoms with Crippen molar-refractivity contribution in [3.63, 3.8) is 0 Å². The van der Waals surface area contributed by atoms with Crippen molar-refractivity contribution in [3.8, 4) is 11.6 Å². The normalized spacial score (nSPS) is 17.5. The second-order valence-corrected chi connectivity index (χ2v) is 11.4. The van der Waals surface area contributed by atoms with E-state index < -0.39 is 6.17 Å². The summed E-state index contributed by atoms with van der Waals surface area (Å²) < 4.78 is 11.6. The van der Waals surface area contributed by atoms with Crippen molar-refractivity contribution >= 4 is 40.0 Å². The molecule has 0 radical (unpaired) electrons. The third-order valence-electron chi connectivity index (χ3n) is 7.68. The second-order valence-electron chi connectivity index (χ2n) is 10.5. The molecule has 4 aromatic rings. The molecular weight excluding hydrogens is 538 g/mol. The van der Waals surface area contributed by atoms with Crippen LogP contribution in [0.4, 0.5) is 16.7 Å². The van der Waals surface area contributed by atoms with E-state index >= 15 is 0 Å². The molecule has 10 nitrogen and oxygen atoms in total. The second kappa shape index (κ2) is 11.8. The maximum atomic E-state index is 12.2. The molecule has 2 aliphatic rings. The third-order valence-corrected chi connectivity index (χ3v) is 9.10. The van der Waals surface area contributed by atoms with E-state index in [1.54, 1.807) is 11.3 Å². The average molecular weight is 572 g/mol. The molecule has 0 bridgehead atoms. The summed E-state index contributed by atoms with van der Waals surface area (Å²) in [7, 11) is 1.86. The summed E-state index contributed by atoms with van der Waals surface area (Å²) in [5, 5.41) is 16.9. The standard InChI is InChI=1S/C30H33N7O3S/c1-30(13-8-14-30)28-34-25(27(41-28)37-15-17-39-18-16-37)26-35-36-29(40-26)33-23(19-38)32-24(20-9-4-3-5-10-20)21-11-6-7-12-22(21)31-2/h3-7,9-12,19,23,31H,8,13-18H2,1-2H3,(H,33,36). The number of aromatic nitrogens is 3. The molecule has 41 heavy (non-hydrogen) atoms. The number of para-hydroxylation sites is 1. The molecule has 1 saturated carbocycles. The lowest BCUT2D eigenvalue weighted by Gasteiger charge is -2.36. The summed E-state index contributed by atoms with van der Waals surface area (Å²) in [4.78, 5) is 24.3. The van der Waals surface area contributed by atoms with Crippen LogP contribution >= 0.6 is 11.3 Å². The Hall–Kier alpha value is -4.09. The van der Waals surface area contributed by atoms with E-state index in [1.165, 1.54) is 6.42 Å². The number of rotatable bonds is 10. The van der Waals surface area contributed by atoms with Crippen LogP contribution in [-0.2, 0) is 14.9 Å². The first-order valence-electron chi connectivity index (χ1n) is 13.9. The fraction of sp³-hybridized carbons (Fsp3) is 0.367. The minimum atomic E-state index is -0.956. The number of carbonyl (C=O) groups is 1. The van der Waals surface area contributed by atoms with E-state index in [0.29, 0.717) is 30.5 Å². The molecular formula is C30H33N7O3S. The topological polar surface area (TPSA) is 118 Å². The van der Waals surface area contributed by atoms with Gasteiger partial charge in [-0.1, -0.05) is 67.0 Å². The van der Waals surface area contributed by atoms with Crippen LogP contribution in [-0.4, -0.2) is 66.7 Å². The highest BCUT2D eigenvalue weighted by molar-refractivity contribution is 7.16. The van der Waals surface area contributed by atoms with E-state index in [4.69, 9.17) is 19.1 Å². The van der Waals surface area contributed by atoms with Crippen LogP contribution < -0.4 is 15.5 Å². The first kappa shape index (κ1) is 27.1. The fourth-order valence-corrected chi connectivity index (χ4v) is 6.47. The van der Waals surface area contributed by atoms with Crippen LogP contribution in [0.25, 0.3) is 11.6 Å². The Balaban J connectivity index is 1.31. The van der Waals surface area contributed by atoms with Crippen LogP contribution in [0.1, 0.15) is 42.3 Å². The Bertz CT molecular complexity index is 1520. The minimum Gasteiger partial charge on any atom is -0.402 e. The number of aldehydes is 1. The molecule has 11 heteroatoms. The van der Waals surface area contributed by atoms with Gasteiger partial charge in [0, 0.05) is 42.4 Å². The van der Waals surface area contributed by atoms with Gasteiger partial charge in [-0.25, -0.2) is 4.98 Å². The summed E-state index contributed by atoms with van der Waals surface area (Å²) in [6.45, 7) is 5.16. The van der Waals surface area contributed by atoms with Gasteiger partial charge in [0.2, 0.25) is 0 Å². The van der Waals surface area contributed by atoms with Gasteiger partial charge < -0.3 is 24.7 Å². The summed E-state index contributed by atoms with van der Waals surface area (Å²) in [5.41, 5.74) is 4.07. The van der Waals surface area contributed by atoms with Crippen LogP contribution in [0.3, 0.4) is 0 Å². The SMILES string of the molecule is CNc1ccccc1C(=NC(C=O)Nc1nnc(-c2nc(C3(C)CCC3)sc2N2CCOCC2)o1)c1ccccc1. The van der Waals surface area contributed by atoms with Crippen molar-refractivity contribution < 1.29 is 13.9 Å². The zero-order valence-corrected chi connectivity index (χ0v) is 24.0. The lowest BCUT2D eigenvalue weighted by atomic mass is 9.71. The van der Waals surface area contributed by atoms with Gasteiger partial charge in [-0.2, -0.15) is 0 Å². The number of hydrogen-bond donors (Lipinski definition) is 2. The predicted octanol–water partition coefficient (Wildman–Crippen LogP) is 4.99. The maximum absolute atomic E-state index is 12.2. The number of nitrogens with zero attached hydrogens (tertiary/aromatic N) is 5.